The lowest BCUT2D eigenvalue weighted by Gasteiger charge is -2.08. The highest BCUT2D eigenvalue weighted by atomic mass is 15.3. The Hall–Kier alpha value is -2.46. The number of nitrogens with two attached hydrogens (primary N) is 1. The number of benzene rings is 2. The van der Waals surface area contributed by atoms with Crippen molar-refractivity contribution in [2.24, 2.45) is 5.84 Å². The Bertz CT molecular complexity index is 735. The van der Waals surface area contributed by atoms with E-state index in [1.165, 1.54) is 5.56 Å². The summed E-state index contributed by atoms with van der Waals surface area (Å²) >= 11 is 0. The van der Waals surface area contributed by atoms with Crippen LogP contribution in [0.1, 0.15) is 12.5 Å². The van der Waals surface area contributed by atoms with Gasteiger partial charge in [-0.1, -0.05) is 43.3 Å². The fraction of sp³-hybridized carbons (Fsp3) is 0.125. The van der Waals surface area contributed by atoms with Crippen LogP contribution in [-0.2, 0) is 6.42 Å². The summed E-state index contributed by atoms with van der Waals surface area (Å²) in [5, 5.41) is 0.920. The van der Waals surface area contributed by atoms with Crippen LogP contribution in [0, 0.1) is 0 Å². The fourth-order valence-electron chi connectivity index (χ4n) is 2.21. The SMILES string of the molecule is CCc1ccc(-c2nc(NN)c3ccccc3n2)cc1. The summed E-state index contributed by atoms with van der Waals surface area (Å²) in [6, 6.07) is 16.1. The average Bonchev–Trinajstić information content (AvgIpc) is 2.54. The first-order valence-electron chi connectivity index (χ1n) is 6.64. The number of nitrogens with zero attached hydrogens (tertiary/aromatic N) is 2. The van der Waals surface area contributed by atoms with Crippen molar-refractivity contribution in [3.63, 3.8) is 0 Å². The monoisotopic (exact) mass is 264 g/mol. The molecule has 0 atom stereocenters. The van der Waals surface area contributed by atoms with Crippen LogP contribution in [0.4, 0.5) is 5.82 Å². The van der Waals surface area contributed by atoms with Crippen molar-refractivity contribution in [3.05, 3.63) is 54.1 Å². The smallest absolute Gasteiger partial charge is 0.162 e. The highest BCUT2D eigenvalue weighted by Gasteiger charge is 2.08. The highest BCUT2D eigenvalue weighted by molar-refractivity contribution is 5.90. The summed E-state index contributed by atoms with van der Waals surface area (Å²) in [7, 11) is 0. The first-order valence-corrected chi connectivity index (χ1v) is 6.64. The van der Waals surface area contributed by atoms with Crippen LogP contribution in [0.3, 0.4) is 0 Å². The van der Waals surface area contributed by atoms with E-state index < -0.39 is 0 Å². The number of para-hydroxylation sites is 1. The van der Waals surface area contributed by atoms with E-state index in [-0.39, 0.29) is 0 Å². The molecular weight excluding hydrogens is 248 g/mol. The number of anilines is 1. The molecule has 2 aromatic carbocycles. The lowest BCUT2D eigenvalue weighted by Crippen LogP contribution is -2.10. The Kier molecular flexibility index (Phi) is 3.31. The molecule has 20 heavy (non-hydrogen) atoms. The van der Waals surface area contributed by atoms with Crippen molar-refractivity contribution in [1.29, 1.82) is 0 Å². The number of fused-ring (bicyclic) bond motifs is 1. The van der Waals surface area contributed by atoms with Gasteiger partial charge >= 0.3 is 0 Å². The third-order valence-electron chi connectivity index (χ3n) is 3.36. The minimum absolute atomic E-state index is 0.644. The third kappa shape index (κ3) is 2.21. The summed E-state index contributed by atoms with van der Waals surface area (Å²) in [6.07, 6.45) is 1.02. The number of hydrazine groups is 1. The van der Waals surface area contributed by atoms with Crippen LogP contribution in [0.5, 0.6) is 0 Å². The zero-order valence-electron chi connectivity index (χ0n) is 11.3. The van der Waals surface area contributed by atoms with Gasteiger partial charge in [-0.05, 0) is 24.1 Å². The van der Waals surface area contributed by atoms with Crippen molar-refractivity contribution in [2.45, 2.75) is 13.3 Å². The van der Waals surface area contributed by atoms with E-state index in [0.29, 0.717) is 11.6 Å². The number of rotatable bonds is 3. The van der Waals surface area contributed by atoms with Crippen LogP contribution < -0.4 is 11.3 Å². The zero-order valence-corrected chi connectivity index (χ0v) is 11.3. The number of aryl methyl sites for hydroxylation is 1. The minimum Gasteiger partial charge on any atom is -0.308 e. The van der Waals surface area contributed by atoms with Gasteiger partial charge in [-0.3, -0.25) is 0 Å². The number of aromatic nitrogens is 2. The number of nitrogen functional groups attached to an aromatic ring is 1. The molecule has 0 saturated carbocycles. The Morgan fingerprint density at radius 2 is 1.75 bits per heavy atom. The first kappa shape index (κ1) is 12.6. The molecule has 0 aliphatic heterocycles. The van der Waals surface area contributed by atoms with E-state index in [1.807, 2.05) is 36.4 Å². The van der Waals surface area contributed by atoms with Crippen molar-refractivity contribution in [1.82, 2.24) is 9.97 Å². The maximum Gasteiger partial charge on any atom is 0.162 e. The van der Waals surface area contributed by atoms with E-state index in [0.717, 1.165) is 22.9 Å². The van der Waals surface area contributed by atoms with Crippen molar-refractivity contribution in [2.75, 3.05) is 5.43 Å². The molecule has 0 aliphatic rings. The standard InChI is InChI=1S/C16H16N4/c1-2-11-7-9-12(10-8-11)15-18-14-6-4-3-5-13(14)16(19-15)20-17/h3-10H,2,17H2,1H3,(H,18,19,20). The van der Waals surface area contributed by atoms with Gasteiger partial charge in [0.05, 0.1) is 5.52 Å². The number of nitrogens with one attached hydrogen (secondary N) is 1. The van der Waals surface area contributed by atoms with Gasteiger partial charge in [0.2, 0.25) is 0 Å². The van der Waals surface area contributed by atoms with E-state index in [4.69, 9.17) is 5.84 Å². The molecule has 1 aromatic heterocycles. The van der Waals surface area contributed by atoms with Crippen LogP contribution in [0.15, 0.2) is 48.5 Å². The van der Waals surface area contributed by atoms with Crippen LogP contribution in [-0.4, -0.2) is 9.97 Å². The van der Waals surface area contributed by atoms with Crippen molar-refractivity contribution >= 4 is 16.7 Å². The fourth-order valence-corrected chi connectivity index (χ4v) is 2.21. The van der Waals surface area contributed by atoms with Gasteiger partial charge in [-0.15, -0.1) is 0 Å². The van der Waals surface area contributed by atoms with Crippen molar-refractivity contribution < 1.29 is 0 Å². The molecule has 0 spiro atoms. The predicted molar refractivity (Wildman–Crippen MR) is 82.2 cm³/mol. The van der Waals surface area contributed by atoms with E-state index in [1.54, 1.807) is 0 Å². The van der Waals surface area contributed by atoms with Crippen LogP contribution >= 0.6 is 0 Å². The second kappa shape index (κ2) is 5.27. The topological polar surface area (TPSA) is 63.8 Å². The molecule has 0 saturated heterocycles. The number of hydrogen-bond acceptors (Lipinski definition) is 4. The quantitative estimate of drug-likeness (QED) is 0.563. The van der Waals surface area contributed by atoms with Gasteiger partial charge in [-0.2, -0.15) is 0 Å². The Morgan fingerprint density at radius 3 is 2.45 bits per heavy atom. The Labute approximate surface area is 117 Å². The van der Waals surface area contributed by atoms with Gasteiger partial charge in [0.1, 0.15) is 0 Å². The molecular formula is C16H16N4. The summed E-state index contributed by atoms with van der Waals surface area (Å²) in [6.45, 7) is 2.14. The molecule has 4 nitrogen and oxygen atoms in total. The summed E-state index contributed by atoms with van der Waals surface area (Å²) in [4.78, 5) is 9.10. The third-order valence-corrected chi connectivity index (χ3v) is 3.36. The summed E-state index contributed by atoms with van der Waals surface area (Å²) in [5.41, 5.74) is 5.82. The maximum absolute atomic E-state index is 5.57. The van der Waals surface area contributed by atoms with E-state index in [9.17, 15) is 0 Å². The second-order valence-corrected chi connectivity index (χ2v) is 4.61. The molecule has 100 valence electrons. The van der Waals surface area contributed by atoms with Crippen LogP contribution in [0.2, 0.25) is 0 Å². The Morgan fingerprint density at radius 1 is 1.00 bits per heavy atom. The highest BCUT2D eigenvalue weighted by Crippen LogP contribution is 2.24. The molecule has 1 heterocycles. The van der Waals surface area contributed by atoms with Crippen molar-refractivity contribution in [3.8, 4) is 11.4 Å². The minimum atomic E-state index is 0.644. The second-order valence-electron chi connectivity index (χ2n) is 4.61. The lowest BCUT2D eigenvalue weighted by atomic mass is 10.1. The largest absolute Gasteiger partial charge is 0.308 e. The molecule has 3 aromatic rings. The molecule has 0 aliphatic carbocycles. The zero-order chi connectivity index (χ0) is 13.9. The van der Waals surface area contributed by atoms with Gasteiger partial charge in [0.15, 0.2) is 11.6 Å². The average molecular weight is 264 g/mol. The molecule has 0 radical (unpaired) electrons. The molecule has 3 N–H and O–H groups in total. The molecule has 0 amide bonds. The molecule has 0 fully saturated rings. The Balaban J connectivity index is 2.15. The maximum atomic E-state index is 5.57. The van der Waals surface area contributed by atoms with Gasteiger partial charge < -0.3 is 5.43 Å². The van der Waals surface area contributed by atoms with Crippen LogP contribution in [0.25, 0.3) is 22.3 Å². The summed E-state index contributed by atoms with van der Waals surface area (Å²) in [5.74, 6) is 6.89. The molecule has 4 heteroatoms. The van der Waals surface area contributed by atoms with Gasteiger partial charge in [-0.25, -0.2) is 15.8 Å². The van der Waals surface area contributed by atoms with Gasteiger partial charge in [0, 0.05) is 10.9 Å². The summed E-state index contributed by atoms with van der Waals surface area (Å²) < 4.78 is 0. The van der Waals surface area contributed by atoms with Gasteiger partial charge in [0.25, 0.3) is 0 Å². The normalized spacial score (nSPS) is 10.7. The molecule has 0 unspecified atom stereocenters. The lowest BCUT2D eigenvalue weighted by molar-refractivity contribution is 1.14. The molecule has 3 rings (SSSR count). The first-order chi connectivity index (χ1) is 9.81. The van der Waals surface area contributed by atoms with E-state index in [2.05, 4.69) is 34.5 Å². The predicted octanol–water partition coefficient (Wildman–Crippen LogP) is 3.14. The number of hydrogen-bond donors (Lipinski definition) is 2. The molecule has 0 bridgehead atoms. The van der Waals surface area contributed by atoms with E-state index >= 15 is 0 Å².